The Morgan fingerprint density at radius 2 is 1.91 bits per heavy atom. The van der Waals surface area contributed by atoms with Crippen molar-refractivity contribution in [3.63, 3.8) is 0 Å². The Balaban J connectivity index is 2.16. The van der Waals surface area contributed by atoms with Gasteiger partial charge in [0.05, 0.1) is 13.2 Å². The van der Waals surface area contributed by atoms with Crippen molar-refractivity contribution in [1.29, 1.82) is 5.26 Å². The number of hydrogen-bond acceptors (Lipinski definition) is 5. The van der Waals surface area contributed by atoms with E-state index >= 15 is 0 Å². The fourth-order valence-electron chi connectivity index (χ4n) is 2.14. The van der Waals surface area contributed by atoms with Gasteiger partial charge in [0.1, 0.15) is 11.5 Å². The van der Waals surface area contributed by atoms with E-state index in [0.29, 0.717) is 22.8 Å². The smallest absolute Gasteiger partial charge is 0.249 e. The minimum atomic E-state index is -1.47. The molecule has 1 atom stereocenters. The zero-order chi connectivity index (χ0) is 17.0. The maximum atomic E-state index is 12.3. The van der Waals surface area contributed by atoms with Gasteiger partial charge < -0.3 is 14.5 Å². The molecule has 6 nitrogen and oxygen atoms in total. The topological polar surface area (TPSA) is 92.3 Å². The van der Waals surface area contributed by atoms with Crippen LogP contribution in [0.5, 0.6) is 5.75 Å². The summed E-state index contributed by atoms with van der Waals surface area (Å²) in [5, 5.41) is 11.7. The van der Waals surface area contributed by atoms with E-state index in [2.05, 4.69) is 5.32 Å². The standard InChI is InChI=1S/C17H16N2O4/c1-10-8-11(2)23-16(10)15(20)14(9-18)17(21)19-12-4-6-13(22-3)7-5-12/h4-8,14H,1-3H3,(H,19,21)/t14-/m1/s1. The van der Waals surface area contributed by atoms with Gasteiger partial charge in [-0.05, 0) is 49.7 Å². The van der Waals surface area contributed by atoms with Crippen LogP contribution < -0.4 is 10.1 Å². The monoisotopic (exact) mass is 312 g/mol. The lowest BCUT2D eigenvalue weighted by molar-refractivity contribution is -0.117. The molecule has 0 aliphatic carbocycles. The highest BCUT2D eigenvalue weighted by molar-refractivity contribution is 6.15. The summed E-state index contributed by atoms with van der Waals surface area (Å²) < 4.78 is 10.3. The number of furan rings is 1. The number of Topliss-reactive ketones (excluding diaryl/α,β-unsaturated/α-hetero) is 1. The molecule has 0 bridgehead atoms. The number of nitrogens with one attached hydrogen (secondary N) is 1. The van der Waals surface area contributed by atoms with Crippen molar-refractivity contribution in [2.24, 2.45) is 5.92 Å². The fraction of sp³-hybridized carbons (Fsp3) is 0.235. The van der Waals surface area contributed by atoms with Gasteiger partial charge in [0.2, 0.25) is 11.7 Å². The Morgan fingerprint density at radius 3 is 2.39 bits per heavy atom. The number of nitrogens with zero attached hydrogens (tertiary/aromatic N) is 1. The molecule has 2 aromatic rings. The van der Waals surface area contributed by atoms with Gasteiger partial charge >= 0.3 is 0 Å². The Labute approximate surface area is 133 Å². The predicted molar refractivity (Wildman–Crippen MR) is 83.2 cm³/mol. The Hall–Kier alpha value is -3.07. The third-order valence-electron chi connectivity index (χ3n) is 3.28. The van der Waals surface area contributed by atoms with Crippen molar-refractivity contribution in [3.05, 3.63) is 47.4 Å². The molecule has 118 valence electrons. The molecule has 6 heteroatoms. The largest absolute Gasteiger partial charge is 0.497 e. The highest BCUT2D eigenvalue weighted by atomic mass is 16.5. The van der Waals surface area contributed by atoms with Crippen LogP contribution in [-0.2, 0) is 4.79 Å². The Bertz CT molecular complexity index is 769. The fourth-order valence-corrected chi connectivity index (χ4v) is 2.14. The molecule has 0 saturated carbocycles. The summed E-state index contributed by atoms with van der Waals surface area (Å²) >= 11 is 0. The van der Waals surface area contributed by atoms with E-state index in [-0.39, 0.29) is 5.76 Å². The second-order valence-corrected chi connectivity index (χ2v) is 5.01. The number of ketones is 1. The molecule has 1 aromatic heterocycles. The molecule has 0 radical (unpaired) electrons. The van der Waals surface area contributed by atoms with E-state index in [0.717, 1.165) is 0 Å². The van der Waals surface area contributed by atoms with Crippen LogP contribution in [-0.4, -0.2) is 18.8 Å². The normalized spacial score (nSPS) is 11.4. The third kappa shape index (κ3) is 3.58. The van der Waals surface area contributed by atoms with Gasteiger partial charge in [0, 0.05) is 5.69 Å². The first kappa shape index (κ1) is 16.3. The number of benzene rings is 1. The molecular weight excluding hydrogens is 296 g/mol. The van der Waals surface area contributed by atoms with E-state index < -0.39 is 17.6 Å². The second kappa shape index (κ2) is 6.79. The van der Waals surface area contributed by atoms with Crippen molar-refractivity contribution >= 4 is 17.4 Å². The number of rotatable bonds is 5. The predicted octanol–water partition coefficient (Wildman–Crippen LogP) is 2.87. The summed E-state index contributed by atoms with van der Waals surface area (Å²) in [5.74, 6) is -1.59. The number of anilines is 1. The van der Waals surface area contributed by atoms with Crippen LogP contribution >= 0.6 is 0 Å². The van der Waals surface area contributed by atoms with Crippen molar-refractivity contribution in [2.45, 2.75) is 13.8 Å². The van der Waals surface area contributed by atoms with Crippen LogP contribution in [0.15, 0.2) is 34.7 Å². The van der Waals surface area contributed by atoms with Gasteiger partial charge in [0.25, 0.3) is 0 Å². The highest BCUT2D eigenvalue weighted by Gasteiger charge is 2.31. The van der Waals surface area contributed by atoms with Crippen LogP contribution in [0.25, 0.3) is 0 Å². The lowest BCUT2D eigenvalue weighted by Crippen LogP contribution is -2.28. The van der Waals surface area contributed by atoms with Crippen molar-refractivity contribution in [2.75, 3.05) is 12.4 Å². The molecule has 0 spiro atoms. The van der Waals surface area contributed by atoms with E-state index in [9.17, 15) is 14.9 Å². The molecule has 1 amide bonds. The summed E-state index contributed by atoms with van der Waals surface area (Å²) in [5.41, 5.74) is 1.07. The quantitative estimate of drug-likeness (QED) is 0.677. The van der Waals surface area contributed by atoms with Gasteiger partial charge in [0.15, 0.2) is 11.7 Å². The minimum absolute atomic E-state index is 0.0407. The number of carbonyl (C=O) groups is 2. The van der Waals surface area contributed by atoms with Gasteiger partial charge in [-0.2, -0.15) is 5.26 Å². The van der Waals surface area contributed by atoms with Crippen LogP contribution in [0.1, 0.15) is 21.9 Å². The zero-order valence-electron chi connectivity index (χ0n) is 13.0. The molecule has 23 heavy (non-hydrogen) atoms. The molecule has 0 aliphatic heterocycles. The molecule has 0 fully saturated rings. The van der Waals surface area contributed by atoms with Crippen LogP contribution in [0.2, 0.25) is 0 Å². The lowest BCUT2D eigenvalue weighted by Gasteiger charge is -2.09. The first-order valence-electron chi connectivity index (χ1n) is 6.92. The maximum absolute atomic E-state index is 12.3. The summed E-state index contributed by atoms with van der Waals surface area (Å²) in [6.45, 7) is 3.39. The summed E-state index contributed by atoms with van der Waals surface area (Å²) in [7, 11) is 1.53. The zero-order valence-corrected chi connectivity index (χ0v) is 13.0. The molecule has 0 aliphatic rings. The van der Waals surface area contributed by atoms with Crippen molar-refractivity contribution in [3.8, 4) is 11.8 Å². The summed E-state index contributed by atoms with van der Waals surface area (Å²) in [4.78, 5) is 24.5. The van der Waals surface area contributed by atoms with Gasteiger partial charge in [-0.15, -0.1) is 0 Å². The number of hydrogen-bond donors (Lipinski definition) is 1. The molecular formula is C17H16N2O4. The van der Waals surface area contributed by atoms with Crippen LogP contribution in [0.3, 0.4) is 0 Å². The molecule has 0 unspecified atom stereocenters. The molecule has 1 N–H and O–H groups in total. The number of ether oxygens (including phenoxy) is 1. The van der Waals surface area contributed by atoms with Crippen LogP contribution in [0.4, 0.5) is 5.69 Å². The Morgan fingerprint density at radius 1 is 1.26 bits per heavy atom. The summed E-state index contributed by atoms with van der Waals surface area (Å²) in [6.07, 6.45) is 0. The summed E-state index contributed by atoms with van der Waals surface area (Å²) in [6, 6.07) is 9.99. The van der Waals surface area contributed by atoms with E-state index in [1.54, 1.807) is 50.2 Å². The minimum Gasteiger partial charge on any atom is -0.497 e. The first-order valence-corrected chi connectivity index (χ1v) is 6.92. The number of methoxy groups -OCH3 is 1. The first-order chi connectivity index (χ1) is 11.0. The Kier molecular flexibility index (Phi) is 4.82. The van der Waals surface area contributed by atoms with Crippen LogP contribution in [0, 0.1) is 31.1 Å². The molecule has 1 heterocycles. The van der Waals surface area contributed by atoms with Gasteiger partial charge in [-0.3, -0.25) is 9.59 Å². The van der Waals surface area contributed by atoms with E-state index in [4.69, 9.17) is 9.15 Å². The maximum Gasteiger partial charge on any atom is 0.249 e. The number of amides is 1. The molecule has 0 saturated heterocycles. The lowest BCUT2D eigenvalue weighted by atomic mass is 10.0. The third-order valence-corrected chi connectivity index (χ3v) is 3.28. The van der Waals surface area contributed by atoms with E-state index in [1.807, 2.05) is 0 Å². The number of nitriles is 1. The average Bonchev–Trinajstić information content (AvgIpc) is 2.87. The number of carbonyl (C=O) groups excluding carboxylic acids is 2. The highest BCUT2D eigenvalue weighted by Crippen LogP contribution is 2.20. The van der Waals surface area contributed by atoms with Crippen molar-refractivity contribution in [1.82, 2.24) is 0 Å². The van der Waals surface area contributed by atoms with E-state index in [1.165, 1.54) is 7.11 Å². The van der Waals surface area contributed by atoms with Crippen molar-refractivity contribution < 1.29 is 18.7 Å². The van der Waals surface area contributed by atoms with Gasteiger partial charge in [-0.25, -0.2) is 0 Å². The SMILES string of the molecule is COc1ccc(NC(=O)[C@H](C#N)C(=O)c2oc(C)cc2C)cc1. The second-order valence-electron chi connectivity index (χ2n) is 5.01. The molecule has 2 rings (SSSR count). The van der Waals surface area contributed by atoms with Gasteiger partial charge in [-0.1, -0.05) is 0 Å². The number of aryl methyl sites for hydroxylation is 2. The molecule has 1 aromatic carbocycles. The average molecular weight is 312 g/mol.